The average Bonchev–Trinajstić information content (AvgIpc) is 3.13. The van der Waals surface area contributed by atoms with Crippen molar-refractivity contribution in [2.45, 2.75) is 0 Å². The summed E-state index contributed by atoms with van der Waals surface area (Å²) >= 11 is 0. The van der Waals surface area contributed by atoms with Crippen molar-refractivity contribution in [2.75, 3.05) is 0 Å². The van der Waals surface area contributed by atoms with Gasteiger partial charge in [0.25, 0.3) is 0 Å². The maximum absolute atomic E-state index is 9.14. The molecule has 0 radical (unpaired) electrons. The van der Waals surface area contributed by atoms with Gasteiger partial charge in [0, 0.05) is 5.39 Å². The summed E-state index contributed by atoms with van der Waals surface area (Å²) in [6.45, 7) is 0. The van der Waals surface area contributed by atoms with Crippen LogP contribution in [0.4, 0.5) is 0 Å². The molecule has 0 bridgehead atoms. The fourth-order valence-electron chi connectivity index (χ4n) is 6.73. The van der Waals surface area contributed by atoms with Crippen molar-refractivity contribution in [2.24, 2.45) is 0 Å². The van der Waals surface area contributed by atoms with E-state index in [0.717, 1.165) is 26.9 Å². The zero-order chi connectivity index (χ0) is 32.1. The zero-order valence-corrected chi connectivity index (χ0v) is 26.8. The van der Waals surface area contributed by atoms with Gasteiger partial charge in [0.1, 0.15) is 5.75 Å². The molecular formula is C42H34BO3P. The minimum atomic E-state index is -2.30. The number of hydrogen-bond acceptors (Lipinski definition) is 3. The Morgan fingerprint density at radius 2 is 0.787 bits per heavy atom. The fourth-order valence-corrected chi connectivity index (χ4v) is 11.5. The second kappa shape index (κ2) is 13.6. The van der Waals surface area contributed by atoms with Crippen molar-refractivity contribution in [1.29, 1.82) is 0 Å². The van der Waals surface area contributed by atoms with E-state index in [-0.39, 0.29) is 0 Å². The van der Waals surface area contributed by atoms with Crippen molar-refractivity contribution in [1.82, 2.24) is 0 Å². The molecule has 0 amide bonds. The first-order valence-electron chi connectivity index (χ1n) is 15.7. The topological polar surface area (TPSA) is 49.7 Å². The second-order valence-electron chi connectivity index (χ2n) is 11.5. The molecule has 3 nitrogen and oxygen atoms in total. The Morgan fingerprint density at radius 3 is 1.26 bits per heavy atom. The van der Waals surface area contributed by atoms with E-state index in [1.54, 1.807) is 6.07 Å². The third kappa shape index (κ3) is 6.03. The summed E-state index contributed by atoms with van der Waals surface area (Å²) in [5, 5.41) is 30.3. The molecule has 8 aromatic carbocycles. The summed E-state index contributed by atoms with van der Waals surface area (Å²) in [7, 11) is -4.13. The molecule has 0 aliphatic heterocycles. The maximum atomic E-state index is 9.14. The predicted octanol–water partition coefficient (Wildman–Crippen LogP) is 7.53. The first-order valence-corrected chi connectivity index (χ1v) is 17.7. The van der Waals surface area contributed by atoms with Gasteiger partial charge in [-0.1, -0.05) is 48.5 Å². The normalized spacial score (nSPS) is 11.5. The Kier molecular flexibility index (Phi) is 8.82. The van der Waals surface area contributed by atoms with E-state index < -0.39 is 14.6 Å². The van der Waals surface area contributed by atoms with E-state index in [4.69, 9.17) is 14.7 Å². The van der Waals surface area contributed by atoms with E-state index in [2.05, 4.69) is 152 Å². The predicted molar refractivity (Wildman–Crippen MR) is 202 cm³/mol. The molecule has 47 heavy (non-hydrogen) atoms. The van der Waals surface area contributed by atoms with Crippen molar-refractivity contribution in [3.63, 3.8) is 0 Å². The molecule has 5 heteroatoms. The van der Waals surface area contributed by atoms with Crippen LogP contribution in [0.25, 0.3) is 32.3 Å². The van der Waals surface area contributed by atoms with Crippen LogP contribution in [0.2, 0.25) is 0 Å². The Hall–Kier alpha value is -5.25. The minimum absolute atomic E-state index is 0.466. The van der Waals surface area contributed by atoms with Gasteiger partial charge in [0.05, 0.1) is 0 Å². The molecule has 8 rings (SSSR count). The van der Waals surface area contributed by atoms with Gasteiger partial charge < -0.3 is 14.7 Å². The van der Waals surface area contributed by atoms with Crippen LogP contribution in [0.3, 0.4) is 0 Å². The number of rotatable bonds is 6. The van der Waals surface area contributed by atoms with Gasteiger partial charge in [-0.15, -0.1) is 0 Å². The van der Waals surface area contributed by atoms with Crippen LogP contribution in [-0.4, -0.2) is 17.4 Å². The Labute approximate surface area is 275 Å². The van der Waals surface area contributed by atoms with E-state index in [1.165, 1.54) is 26.6 Å². The summed E-state index contributed by atoms with van der Waals surface area (Å²) in [6, 6.07) is 66.1. The Morgan fingerprint density at radius 1 is 0.383 bits per heavy atom. The molecule has 0 aromatic heterocycles. The Bertz CT molecular complexity index is 2080. The van der Waals surface area contributed by atoms with Crippen LogP contribution >= 0.6 is 7.26 Å². The molecule has 8 aromatic rings. The SMILES string of the molecule is OB(O)Oc1cccc2ccc3cc4ccccc4cc3c12.c1ccc([PH](c2ccccc2)(c2ccccc2)c2ccccc2)cc1. The molecule has 0 saturated heterocycles. The van der Waals surface area contributed by atoms with Gasteiger partial charge in [-0.3, -0.25) is 0 Å². The first kappa shape index (κ1) is 30.4. The van der Waals surface area contributed by atoms with Crippen LogP contribution in [0.1, 0.15) is 0 Å². The summed E-state index contributed by atoms with van der Waals surface area (Å²) in [5.74, 6) is 0.466. The monoisotopic (exact) mass is 628 g/mol. The summed E-state index contributed by atoms with van der Waals surface area (Å²) < 4.78 is 5.16. The van der Waals surface area contributed by atoms with Crippen LogP contribution in [0, 0.1) is 0 Å². The van der Waals surface area contributed by atoms with Gasteiger partial charge in [-0.05, 0) is 45.1 Å². The molecule has 2 N–H and O–H groups in total. The molecule has 0 saturated carbocycles. The van der Waals surface area contributed by atoms with Crippen molar-refractivity contribution in [3.8, 4) is 5.75 Å². The molecule has 0 aliphatic carbocycles. The van der Waals surface area contributed by atoms with Crippen LogP contribution in [0.15, 0.2) is 188 Å². The van der Waals surface area contributed by atoms with Crippen molar-refractivity contribution >= 4 is 68.1 Å². The molecule has 0 atom stereocenters. The van der Waals surface area contributed by atoms with Crippen LogP contribution < -0.4 is 25.9 Å². The third-order valence-corrected chi connectivity index (χ3v) is 13.5. The molecule has 0 heterocycles. The van der Waals surface area contributed by atoms with E-state index in [1.807, 2.05) is 30.3 Å². The first-order chi connectivity index (χ1) is 23.1. The van der Waals surface area contributed by atoms with Crippen molar-refractivity contribution < 1.29 is 14.7 Å². The number of benzene rings is 8. The van der Waals surface area contributed by atoms with E-state index >= 15 is 0 Å². The summed E-state index contributed by atoms with van der Waals surface area (Å²) in [4.78, 5) is 0. The van der Waals surface area contributed by atoms with E-state index in [9.17, 15) is 0 Å². The summed E-state index contributed by atoms with van der Waals surface area (Å²) in [6.07, 6.45) is 0. The van der Waals surface area contributed by atoms with Crippen LogP contribution in [-0.2, 0) is 0 Å². The number of hydrogen-bond donors (Lipinski definition) is 2. The van der Waals surface area contributed by atoms with Crippen LogP contribution in [0.5, 0.6) is 5.75 Å². The zero-order valence-electron chi connectivity index (χ0n) is 25.8. The Balaban J connectivity index is 0.000000151. The quantitative estimate of drug-likeness (QED) is 0.0867. The van der Waals surface area contributed by atoms with E-state index in [0.29, 0.717) is 5.75 Å². The van der Waals surface area contributed by atoms with Gasteiger partial charge >= 0.3 is 157 Å². The molecular weight excluding hydrogens is 594 g/mol. The molecule has 0 spiro atoms. The third-order valence-electron chi connectivity index (χ3n) is 8.75. The number of fused-ring (bicyclic) bond motifs is 4. The molecule has 228 valence electrons. The molecule has 0 aliphatic rings. The standard InChI is InChI=1S/C24H21P.C18H13BO3/c1-5-13-21(14-6-1)25(22-15-7-2-8-16-22,23-17-9-3-10-18-23)24-19-11-4-12-20-24;20-19(21)22-17-7-3-6-12-8-9-15-10-13-4-1-2-5-14(13)11-16(15)18(12)17/h1-20,25H;1-11,20-21H. The van der Waals surface area contributed by atoms with Gasteiger partial charge in [0.15, 0.2) is 0 Å². The van der Waals surface area contributed by atoms with Crippen molar-refractivity contribution in [3.05, 3.63) is 188 Å². The fraction of sp³-hybridized carbons (Fsp3) is 0. The summed E-state index contributed by atoms with van der Waals surface area (Å²) in [5.41, 5.74) is 0. The van der Waals surface area contributed by atoms with Gasteiger partial charge in [0.2, 0.25) is 0 Å². The average molecular weight is 629 g/mol. The molecule has 0 unspecified atom stereocenters. The van der Waals surface area contributed by atoms with Gasteiger partial charge in [-0.2, -0.15) is 0 Å². The molecule has 0 fully saturated rings. The second-order valence-corrected chi connectivity index (χ2v) is 15.3. The van der Waals surface area contributed by atoms with Gasteiger partial charge in [-0.25, -0.2) is 0 Å².